The van der Waals surface area contributed by atoms with Crippen molar-refractivity contribution in [3.63, 3.8) is 0 Å². The van der Waals surface area contributed by atoms with Crippen molar-refractivity contribution in [2.45, 2.75) is 45.7 Å². The lowest BCUT2D eigenvalue weighted by atomic mass is 10.0. The fraction of sp³-hybridized carbons (Fsp3) is 0.833. The highest BCUT2D eigenvalue weighted by Gasteiger charge is 2.27. The number of nitrogens with two attached hydrogens (primary N) is 1. The number of carbonyl (C=O) groups excluding carboxylic acids is 2. The second-order valence-electron chi connectivity index (χ2n) is 5.07. The van der Waals surface area contributed by atoms with E-state index in [4.69, 9.17) is 5.73 Å². The first kappa shape index (κ1) is 14.0. The largest absolute Gasteiger partial charge is 0.353 e. The van der Waals surface area contributed by atoms with E-state index < -0.39 is 6.04 Å². The van der Waals surface area contributed by atoms with Crippen LogP contribution in [0, 0.1) is 5.92 Å². The maximum atomic E-state index is 12.0. The van der Waals surface area contributed by atoms with Crippen LogP contribution in [0.2, 0.25) is 0 Å². The van der Waals surface area contributed by atoms with Gasteiger partial charge in [-0.3, -0.25) is 9.59 Å². The fourth-order valence-electron chi connectivity index (χ4n) is 2.03. The van der Waals surface area contributed by atoms with Crippen molar-refractivity contribution in [3.8, 4) is 0 Å². The van der Waals surface area contributed by atoms with E-state index in [1.165, 1.54) is 6.92 Å². The Morgan fingerprint density at radius 1 is 1.29 bits per heavy atom. The van der Waals surface area contributed by atoms with Crippen LogP contribution in [0.5, 0.6) is 0 Å². The van der Waals surface area contributed by atoms with E-state index in [9.17, 15) is 9.59 Å². The molecule has 17 heavy (non-hydrogen) atoms. The molecule has 0 bridgehead atoms. The van der Waals surface area contributed by atoms with Gasteiger partial charge in [-0.25, -0.2) is 0 Å². The number of nitrogens with zero attached hydrogens (tertiary/aromatic N) is 1. The lowest BCUT2D eigenvalue weighted by molar-refractivity contribution is -0.134. The third-order valence-electron chi connectivity index (χ3n) is 3.22. The Morgan fingerprint density at radius 3 is 2.24 bits per heavy atom. The molecule has 0 aromatic heterocycles. The van der Waals surface area contributed by atoms with Crippen LogP contribution in [0.3, 0.4) is 0 Å². The molecule has 1 unspecified atom stereocenters. The molecule has 1 aliphatic rings. The van der Waals surface area contributed by atoms with E-state index in [2.05, 4.69) is 5.32 Å². The Kier molecular flexibility index (Phi) is 4.93. The molecule has 5 nitrogen and oxygen atoms in total. The monoisotopic (exact) mass is 241 g/mol. The molecule has 98 valence electrons. The van der Waals surface area contributed by atoms with Crippen molar-refractivity contribution in [1.82, 2.24) is 10.2 Å². The highest BCUT2D eigenvalue weighted by atomic mass is 16.2. The number of piperidine rings is 1. The summed E-state index contributed by atoms with van der Waals surface area (Å²) in [6, 6.07) is -0.209. The molecule has 1 atom stereocenters. The standard InChI is InChI=1S/C12H23N3O2/c1-8(2)11(13)12(17)15-6-4-10(5-7-15)14-9(3)16/h8,10-11H,4-7,13H2,1-3H3,(H,14,16). The van der Waals surface area contributed by atoms with E-state index >= 15 is 0 Å². The molecule has 0 saturated carbocycles. The summed E-state index contributed by atoms with van der Waals surface area (Å²) in [4.78, 5) is 24.7. The molecule has 1 saturated heterocycles. The molecule has 2 amide bonds. The van der Waals surface area contributed by atoms with Gasteiger partial charge in [-0.2, -0.15) is 0 Å². The smallest absolute Gasteiger partial charge is 0.239 e. The molecular weight excluding hydrogens is 218 g/mol. The Morgan fingerprint density at radius 2 is 1.82 bits per heavy atom. The number of hydrogen-bond donors (Lipinski definition) is 2. The van der Waals surface area contributed by atoms with E-state index in [0.29, 0.717) is 13.1 Å². The van der Waals surface area contributed by atoms with Crippen LogP contribution >= 0.6 is 0 Å². The second-order valence-corrected chi connectivity index (χ2v) is 5.07. The average molecular weight is 241 g/mol. The summed E-state index contributed by atoms with van der Waals surface area (Å²) in [5, 5.41) is 2.89. The van der Waals surface area contributed by atoms with Gasteiger partial charge >= 0.3 is 0 Å². The molecule has 0 aliphatic carbocycles. The summed E-state index contributed by atoms with van der Waals surface area (Å²) in [6.45, 7) is 6.79. The van der Waals surface area contributed by atoms with Crippen LogP contribution in [-0.2, 0) is 9.59 Å². The zero-order valence-electron chi connectivity index (χ0n) is 10.9. The zero-order chi connectivity index (χ0) is 13.0. The topological polar surface area (TPSA) is 75.4 Å². The van der Waals surface area contributed by atoms with E-state index in [1.807, 2.05) is 18.7 Å². The minimum absolute atomic E-state index is 0.00587. The van der Waals surface area contributed by atoms with Crippen LogP contribution in [-0.4, -0.2) is 41.9 Å². The van der Waals surface area contributed by atoms with E-state index in [1.54, 1.807) is 0 Å². The van der Waals surface area contributed by atoms with Gasteiger partial charge in [0.05, 0.1) is 6.04 Å². The van der Waals surface area contributed by atoms with Crippen molar-refractivity contribution < 1.29 is 9.59 Å². The minimum Gasteiger partial charge on any atom is -0.353 e. The summed E-state index contributed by atoms with van der Waals surface area (Å²) >= 11 is 0. The van der Waals surface area contributed by atoms with Gasteiger partial charge in [0.15, 0.2) is 0 Å². The normalized spacial score (nSPS) is 19.2. The van der Waals surface area contributed by atoms with E-state index in [0.717, 1.165) is 12.8 Å². The molecule has 0 aromatic rings. The maximum absolute atomic E-state index is 12.0. The molecule has 3 N–H and O–H groups in total. The van der Waals surface area contributed by atoms with Gasteiger partial charge in [0.1, 0.15) is 0 Å². The Balaban J connectivity index is 2.41. The highest BCUT2D eigenvalue weighted by molar-refractivity contribution is 5.82. The zero-order valence-corrected chi connectivity index (χ0v) is 10.9. The molecule has 5 heteroatoms. The first-order valence-corrected chi connectivity index (χ1v) is 6.23. The summed E-state index contributed by atoms with van der Waals surface area (Å²) in [5.74, 6) is 0.186. The first-order chi connectivity index (χ1) is 7.91. The number of likely N-dealkylation sites (tertiary alicyclic amines) is 1. The molecule has 0 radical (unpaired) electrons. The van der Waals surface area contributed by atoms with Gasteiger partial charge < -0.3 is 16.0 Å². The third kappa shape index (κ3) is 4.00. The minimum atomic E-state index is -0.410. The van der Waals surface area contributed by atoms with Crippen LogP contribution in [0.25, 0.3) is 0 Å². The third-order valence-corrected chi connectivity index (χ3v) is 3.22. The second kappa shape index (κ2) is 6.00. The van der Waals surface area contributed by atoms with Gasteiger partial charge in [0.2, 0.25) is 11.8 Å². The van der Waals surface area contributed by atoms with Crippen LogP contribution in [0.4, 0.5) is 0 Å². The molecule has 0 spiro atoms. The molecular formula is C12H23N3O2. The Hall–Kier alpha value is -1.10. The molecule has 0 aromatic carbocycles. The predicted octanol–water partition coefficient (Wildman–Crippen LogP) is 0.0968. The molecule has 1 rings (SSSR count). The van der Waals surface area contributed by atoms with Gasteiger partial charge in [0, 0.05) is 26.1 Å². The summed E-state index contributed by atoms with van der Waals surface area (Å²) in [6.07, 6.45) is 1.63. The summed E-state index contributed by atoms with van der Waals surface area (Å²) in [7, 11) is 0. The summed E-state index contributed by atoms with van der Waals surface area (Å²) in [5.41, 5.74) is 5.85. The maximum Gasteiger partial charge on any atom is 0.239 e. The van der Waals surface area contributed by atoms with Crippen molar-refractivity contribution >= 4 is 11.8 Å². The summed E-state index contributed by atoms with van der Waals surface area (Å²) < 4.78 is 0. The number of rotatable bonds is 3. The first-order valence-electron chi connectivity index (χ1n) is 6.23. The molecule has 1 aliphatic heterocycles. The lowest BCUT2D eigenvalue weighted by Gasteiger charge is -2.34. The van der Waals surface area contributed by atoms with Crippen molar-refractivity contribution in [1.29, 1.82) is 0 Å². The SMILES string of the molecule is CC(=O)NC1CCN(C(=O)C(N)C(C)C)CC1. The molecule has 1 fully saturated rings. The quantitative estimate of drug-likeness (QED) is 0.735. The van der Waals surface area contributed by atoms with Gasteiger partial charge in [0.25, 0.3) is 0 Å². The highest BCUT2D eigenvalue weighted by Crippen LogP contribution is 2.13. The van der Waals surface area contributed by atoms with Crippen LogP contribution < -0.4 is 11.1 Å². The van der Waals surface area contributed by atoms with Gasteiger partial charge in [-0.1, -0.05) is 13.8 Å². The number of amides is 2. The van der Waals surface area contributed by atoms with Gasteiger partial charge in [-0.15, -0.1) is 0 Å². The number of carbonyl (C=O) groups is 2. The van der Waals surface area contributed by atoms with E-state index in [-0.39, 0.29) is 23.8 Å². The number of hydrogen-bond acceptors (Lipinski definition) is 3. The Bertz CT molecular complexity index is 283. The Labute approximate surface area is 103 Å². The number of nitrogens with one attached hydrogen (secondary N) is 1. The van der Waals surface area contributed by atoms with Crippen molar-refractivity contribution in [3.05, 3.63) is 0 Å². The van der Waals surface area contributed by atoms with Crippen LogP contribution in [0.1, 0.15) is 33.6 Å². The fourth-order valence-corrected chi connectivity index (χ4v) is 2.03. The lowest BCUT2D eigenvalue weighted by Crippen LogP contribution is -2.52. The van der Waals surface area contributed by atoms with Crippen molar-refractivity contribution in [2.75, 3.05) is 13.1 Å². The predicted molar refractivity (Wildman–Crippen MR) is 66.2 cm³/mol. The van der Waals surface area contributed by atoms with Gasteiger partial charge in [-0.05, 0) is 18.8 Å². The van der Waals surface area contributed by atoms with Crippen molar-refractivity contribution in [2.24, 2.45) is 11.7 Å². The molecule has 1 heterocycles. The van der Waals surface area contributed by atoms with Crippen LogP contribution in [0.15, 0.2) is 0 Å². The average Bonchev–Trinajstić information content (AvgIpc) is 2.27.